The molecule has 4 aromatic rings. The maximum Gasteiger partial charge on any atom is 0.336 e. The number of aromatic amines is 1. The molecule has 0 aliphatic rings. The highest BCUT2D eigenvalue weighted by molar-refractivity contribution is 6.15. The second-order valence-corrected chi connectivity index (χ2v) is 2.92. The largest absolute Gasteiger partial charge is 0.478 e. The van der Waals surface area contributed by atoms with Gasteiger partial charge in [0, 0.05) is 5.39 Å². The zero-order valence-electron chi connectivity index (χ0n) is 6.50. The average Bonchev–Trinajstić information content (AvgIpc) is 2.53. The Balaban J connectivity index is 2.55. The standard InChI is InChI=1S/C9H5NO3/c11-9(12)5-3-1-2-4-6(5)8-10-7(4)13-8/h1-3,10H,(H,11,12). The number of carboxylic acid groups (broad SMARTS) is 1. The first-order valence-electron chi connectivity index (χ1n) is 3.83. The zero-order chi connectivity index (χ0) is 9.00. The van der Waals surface area contributed by atoms with E-state index in [4.69, 9.17) is 9.52 Å². The maximum absolute atomic E-state index is 10.8. The van der Waals surface area contributed by atoms with Crippen LogP contribution in [0, 0.1) is 0 Å². The molecule has 0 saturated heterocycles. The van der Waals surface area contributed by atoms with Crippen LogP contribution < -0.4 is 0 Å². The zero-order valence-corrected chi connectivity index (χ0v) is 6.50. The van der Waals surface area contributed by atoms with Crippen LogP contribution in [-0.2, 0) is 0 Å². The van der Waals surface area contributed by atoms with Gasteiger partial charge < -0.3 is 9.52 Å². The molecule has 1 aromatic carbocycles. The SMILES string of the molecule is O=C(O)c1cccc2c3[nH]c(o3)c12. The Bertz CT molecular complexity index is 575. The smallest absolute Gasteiger partial charge is 0.336 e. The summed E-state index contributed by atoms with van der Waals surface area (Å²) < 4.78 is 5.17. The van der Waals surface area contributed by atoms with Gasteiger partial charge in [-0.25, -0.2) is 4.79 Å². The first-order chi connectivity index (χ1) is 6.27. The van der Waals surface area contributed by atoms with Crippen LogP contribution in [-0.4, -0.2) is 16.1 Å². The second-order valence-electron chi connectivity index (χ2n) is 2.92. The van der Waals surface area contributed by atoms with E-state index in [0.29, 0.717) is 16.8 Å². The Hall–Kier alpha value is -1.97. The third kappa shape index (κ3) is 0.630. The fourth-order valence-electron chi connectivity index (χ4n) is 1.61. The highest BCUT2D eigenvalue weighted by Crippen LogP contribution is 2.33. The van der Waals surface area contributed by atoms with Gasteiger partial charge in [-0.15, -0.1) is 0 Å². The van der Waals surface area contributed by atoms with Crippen molar-refractivity contribution in [1.82, 2.24) is 4.98 Å². The normalized spacial score (nSPS) is 11.7. The van der Waals surface area contributed by atoms with Gasteiger partial charge in [0.2, 0.25) is 11.4 Å². The van der Waals surface area contributed by atoms with Gasteiger partial charge in [-0.1, -0.05) is 6.07 Å². The molecule has 3 aromatic heterocycles. The lowest BCUT2D eigenvalue weighted by molar-refractivity contribution is 0.0699. The van der Waals surface area contributed by atoms with Crippen LogP contribution in [0.3, 0.4) is 0 Å². The lowest BCUT2D eigenvalue weighted by atomic mass is 10.1. The maximum atomic E-state index is 10.8. The molecule has 2 N–H and O–H groups in total. The molecule has 0 radical (unpaired) electrons. The summed E-state index contributed by atoms with van der Waals surface area (Å²) in [6, 6.07) is 5.12. The van der Waals surface area contributed by atoms with Gasteiger partial charge in [0.15, 0.2) is 0 Å². The van der Waals surface area contributed by atoms with Gasteiger partial charge in [-0.3, -0.25) is 4.98 Å². The number of rotatable bonds is 1. The number of aromatic carboxylic acids is 1. The minimum absolute atomic E-state index is 0.285. The summed E-state index contributed by atoms with van der Waals surface area (Å²) in [4.78, 5) is 13.7. The molecule has 4 rings (SSSR count). The fourth-order valence-corrected chi connectivity index (χ4v) is 1.61. The number of nitrogens with one attached hydrogen (secondary N) is 1. The lowest BCUT2D eigenvalue weighted by Gasteiger charge is -1.93. The van der Waals surface area contributed by atoms with Gasteiger partial charge in [0.05, 0.1) is 10.9 Å². The lowest BCUT2D eigenvalue weighted by Crippen LogP contribution is -1.95. The van der Waals surface area contributed by atoms with Crippen molar-refractivity contribution < 1.29 is 14.3 Å². The Morgan fingerprint density at radius 1 is 1.38 bits per heavy atom. The number of hydrogen-bond acceptors (Lipinski definition) is 2. The molecule has 0 aliphatic carbocycles. The summed E-state index contributed by atoms with van der Waals surface area (Å²) in [5, 5.41) is 10.4. The second kappa shape index (κ2) is 1.85. The number of H-pyrrole nitrogens is 1. The summed E-state index contributed by atoms with van der Waals surface area (Å²) in [5.74, 6) is -0.928. The van der Waals surface area contributed by atoms with Crippen LogP contribution >= 0.6 is 0 Å². The van der Waals surface area contributed by atoms with Gasteiger partial charge in [-0.2, -0.15) is 0 Å². The Labute approximate surface area is 72.1 Å². The van der Waals surface area contributed by atoms with E-state index in [1.807, 2.05) is 6.07 Å². The molecule has 0 saturated carbocycles. The van der Waals surface area contributed by atoms with Crippen LogP contribution in [0.1, 0.15) is 10.4 Å². The molecule has 2 bridgehead atoms. The highest BCUT2D eigenvalue weighted by atomic mass is 16.4. The van der Waals surface area contributed by atoms with Crippen LogP contribution in [0.2, 0.25) is 0 Å². The van der Waals surface area contributed by atoms with Crippen molar-refractivity contribution in [2.24, 2.45) is 0 Å². The van der Waals surface area contributed by atoms with Crippen molar-refractivity contribution in [1.29, 1.82) is 0 Å². The molecule has 0 unspecified atom stereocenters. The first-order valence-corrected chi connectivity index (χ1v) is 3.83. The summed E-state index contributed by atoms with van der Waals surface area (Å²) in [5.41, 5.74) is 1.50. The van der Waals surface area contributed by atoms with Gasteiger partial charge in [-0.05, 0) is 12.1 Å². The van der Waals surface area contributed by atoms with E-state index in [2.05, 4.69) is 4.98 Å². The number of hydrogen-bond donors (Lipinski definition) is 2. The molecule has 4 nitrogen and oxygen atoms in total. The van der Waals surface area contributed by atoms with Crippen molar-refractivity contribution in [3.63, 3.8) is 0 Å². The van der Waals surface area contributed by atoms with E-state index in [-0.39, 0.29) is 5.56 Å². The van der Waals surface area contributed by atoms with Crippen molar-refractivity contribution in [3.05, 3.63) is 23.8 Å². The van der Waals surface area contributed by atoms with E-state index in [1.165, 1.54) is 0 Å². The molecular weight excluding hydrogens is 170 g/mol. The molecule has 4 heteroatoms. The molecule has 0 spiro atoms. The molecule has 0 aliphatic heterocycles. The van der Waals surface area contributed by atoms with Crippen LogP contribution in [0.15, 0.2) is 22.6 Å². The van der Waals surface area contributed by atoms with Crippen molar-refractivity contribution in [3.8, 4) is 0 Å². The number of aromatic nitrogens is 1. The minimum Gasteiger partial charge on any atom is -0.478 e. The number of benzene rings is 1. The summed E-state index contributed by atoms with van der Waals surface area (Å²) >= 11 is 0. The Kier molecular flexibility index (Phi) is 0.930. The third-order valence-corrected chi connectivity index (χ3v) is 2.20. The number of carbonyl (C=O) groups is 1. The molecule has 13 heavy (non-hydrogen) atoms. The summed E-state index contributed by atoms with van der Waals surface area (Å²) in [6.45, 7) is 0. The molecule has 3 heterocycles. The highest BCUT2D eigenvalue weighted by Gasteiger charge is 2.19. The van der Waals surface area contributed by atoms with Gasteiger partial charge in [0.1, 0.15) is 0 Å². The van der Waals surface area contributed by atoms with Crippen LogP contribution in [0.25, 0.3) is 22.2 Å². The predicted octanol–water partition coefficient (Wildman–Crippen LogP) is 2.05. The van der Waals surface area contributed by atoms with E-state index in [1.54, 1.807) is 12.1 Å². The molecule has 64 valence electrons. The predicted molar refractivity (Wildman–Crippen MR) is 46.2 cm³/mol. The molecule has 0 atom stereocenters. The Morgan fingerprint density at radius 3 is 2.85 bits per heavy atom. The van der Waals surface area contributed by atoms with Crippen LogP contribution in [0.5, 0.6) is 0 Å². The van der Waals surface area contributed by atoms with Crippen LogP contribution in [0.4, 0.5) is 0 Å². The van der Waals surface area contributed by atoms with Crippen molar-refractivity contribution in [2.45, 2.75) is 0 Å². The van der Waals surface area contributed by atoms with E-state index < -0.39 is 5.97 Å². The monoisotopic (exact) mass is 175 g/mol. The average molecular weight is 175 g/mol. The summed E-state index contributed by atoms with van der Waals surface area (Å²) in [6.07, 6.45) is 0. The molecule has 0 fully saturated rings. The van der Waals surface area contributed by atoms with Gasteiger partial charge >= 0.3 is 5.97 Å². The molecular formula is C9H5NO3. The number of furan rings is 1. The van der Waals surface area contributed by atoms with E-state index in [0.717, 1.165) is 5.39 Å². The van der Waals surface area contributed by atoms with Crippen molar-refractivity contribution in [2.75, 3.05) is 0 Å². The first kappa shape index (κ1) is 6.54. The Morgan fingerprint density at radius 2 is 2.15 bits per heavy atom. The third-order valence-electron chi connectivity index (χ3n) is 2.20. The van der Waals surface area contributed by atoms with Gasteiger partial charge in [0.25, 0.3) is 0 Å². The number of carboxylic acids is 1. The summed E-state index contributed by atoms with van der Waals surface area (Å²) in [7, 11) is 0. The fraction of sp³-hybridized carbons (Fsp3) is 0. The van der Waals surface area contributed by atoms with E-state index in [9.17, 15) is 4.79 Å². The minimum atomic E-state index is -0.928. The van der Waals surface area contributed by atoms with Crippen molar-refractivity contribution >= 4 is 28.2 Å². The topological polar surface area (TPSA) is 66.2 Å². The quantitative estimate of drug-likeness (QED) is 0.594. The molecule has 0 amide bonds. The van der Waals surface area contributed by atoms with E-state index >= 15 is 0 Å².